The molecule has 1 aliphatic carbocycles. The number of esters is 1. The SMILES string of the molecule is CCOC(=O)[C@H](CC1CC=C(OS(=O)(=O)C(F)(F)F)CC1)NC(=O)OC(C)(C)C. The number of ether oxygens (including phenoxy) is 2. The largest absolute Gasteiger partial charge is 0.534 e. The summed E-state index contributed by atoms with van der Waals surface area (Å²) >= 11 is 0. The second-order valence-electron chi connectivity index (χ2n) is 7.48. The summed E-state index contributed by atoms with van der Waals surface area (Å²) in [6.07, 6.45) is 0.977. The van der Waals surface area contributed by atoms with Crippen molar-refractivity contribution in [2.24, 2.45) is 5.92 Å². The second-order valence-corrected chi connectivity index (χ2v) is 9.02. The van der Waals surface area contributed by atoms with Crippen LogP contribution in [0.3, 0.4) is 0 Å². The monoisotopic (exact) mass is 445 g/mol. The third-order valence-corrected chi connectivity index (χ3v) is 4.81. The molecule has 0 heterocycles. The molecule has 168 valence electrons. The molecule has 0 spiro atoms. The number of alkyl carbamates (subject to hydrolysis) is 1. The fourth-order valence-electron chi connectivity index (χ4n) is 2.58. The topological polar surface area (TPSA) is 108 Å². The molecule has 0 fully saturated rings. The second kappa shape index (κ2) is 9.68. The first kappa shape index (κ1) is 25.1. The molecule has 0 aliphatic heterocycles. The van der Waals surface area contributed by atoms with E-state index in [-0.39, 0.29) is 44.0 Å². The predicted octanol–water partition coefficient (Wildman–Crippen LogP) is 3.38. The molecular weight excluding hydrogens is 419 g/mol. The van der Waals surface area contributed by atoms with Crippen molar-refractivity contribution >= 4 is 22.2 Å². The average Bonchev–Trinajstić information content (AvgIpc) is 2.53. The molecule has 1 N–H and O–H groups in total. The normalized spacial score (nSPS) is 19.0. The summed E-state index contributed by atoms with van der Waals surface area (Å²) in [5.74, 6) is -1.17. The van der Waals surface area contributed by atoms with Crippen molar-refractivity contribution in [1.82, 2.24) is 5.32 Å². The molecule has 1 amide bonds. The predicted molar refractivity (Wildman–Crippen MR) is 95.9 cm³/mol. The van der Waals surface area contributed by atoms with Gasteiger partial charge in [0, 0.05) is 6.42 Å². The Morgan fingerprint density at radius 3 is 2.34 bits per heavy atom. The Morgan fingerprint density at radius 1 is 1.28 bits per heavy atom. The molecule has 0 aromatic heterocycles. The van der Waals surface area contributed by atoms with Gasteiger partial charge in [-0.15, -0.1) is 0 Å². The van der Waals surface area contributed by atoms with E-state index in [1.165, 1.54) is 6.08 Å². The fourth-order valence-corrected chi connectivity index (χ4v) is 3.11. The van der Waals surface area contributed by atoms with Crippen LogP contribution in [0.5, 0.6) is 0 Å². The van der Waals surface area contributed by atoms with Gasteiger partial charge in [-0.05, 0) is 59.0 Å². The fraction of sp³-hybridized carbons (Fsp3) is 0.765. The zero-order valence-electron chi connectivity index (χ0n) is 16.7. The molecule has 0 bridgehead atoms. The van der Waals surface area contributed by atoms with Crippen LogP contribution in [0.4, 0.5) is 18.0 Å². The van der Waals surface area contributed by atoms with Gasteiger partial charge in [-0.2, -0.15) is 21.6 Å². The van der Waals surface area contributed by atoms with Gasteiger partial charge in [-0.3, -0.25) is 0 Å². The summed E-state index contributed by atoms with van der Waals surface area (Å²) in [4.78, 5) is 24.1. The number of carbonyl (C=O) groups excluding carboxylic acids is 2. The minimum atomic E-state index is -5.71. The number of allylic oxidation sites excluding steroid dienone is 2. The first-order valence-corrected chi connectivity index (χ1v) is 10.4. The molecular formula is C17H26F3NO7S. The molecule has 29 heavy (non-hydrogen) atoms. The smallest absolute Gasteiger partial charge is 0.464 e. The Kier molecular flexibility index (Phi) is 8.36. The summed E-state index contributed by atoms with van der Waals surface area (Å²) in [5, 5.41) is 2.44. The van der Waals surface area contributed by atoms with E-state index in [2.05, 4.69) is 9.50 Å². The quantitative estimate of drug-likeness (QED) is 0.364. The third-order valence-electron chi connectivity index (χ3n) is 3.81. The standard InChI is InChI=1S/C17H26F3NO7S/c1-5-26-14(22)13(21-15(23)27-16(2,3)4)10-11-6-8-12(9-7-11)28-29(24,25)17(18,19)20/h8,11,13H,5-7,9-10H2,1-4H3,(H,21,23)/t11?,13-/m0/s1. The Morgan fingerprint density at radius 2 is 1.90 bits per heavy atom. The van der Waals surface area contributed by atoms with Crippen molar-refractivity contribution in [1.29, 1.82) is 0 Å². The third kappa shape index (κ3) is 8.50. The van der Waals surface area contributed by atoms with Crippen molar-refractivity contribution < 1.29 is 44.8 Å². The molecule has 0 aromatic carbocycles. The van der Waals surface area contributed by atoms with Gasteiger partial charge < -0.3 is 19.0 Å². The minimum absolute atomic E-state index is 0.0536. The van der Waals surface area contributed by atoms with Crippen LogP contribution >= 0.6 is 0 Å². The van der Waals surface area contributed by atoms with E-state index in [4.69, 9.17) is 9.47 Å². The molecule has 8 nitrogen and oxygen atoms in total. The Labute approximate surface area is 167 Å². The zero-order chi connectivity index (χ0) is 22.5. The van der Waals surface area contributed by atoms with Gasteiger partial charge in [0.25, 0.3) is 0 Å². The number of nitrogens with one attached hydrogen (secondary N) is 1. The maximum Gasteiger partial charge on any atom is 0.534 e. The highest BCUT2D eigenvalue weighted by atomic mass is 32.2. The average molecular weight is 445 g/mol. The lowest BCUT2D eigenvalue weighted by atomic mass is 9.88. The van der Waals surface area contributed by atoms with Gasteiger partial charge in [0.15, 0.2) is 0 Å². The van der Waals surface area contributed by atoms with Crippen LogP contribution in [-0.2, 0) is 28.6 Å². The van der Waals surface area contributed by atoms with Crippen LogP contribution < -0.4 is 5.32 Å². The number of hydrogen-bond acceptors (Lipinski definition) is 7. The number of alkyl halides is 3. The molecule has 1 rings (SSSR count). The maximum absolute atomic E-state index is 12.4. The molecule has 1 unspecified atom stereocenters. The summed E-state index contributed by atoms with van der Waals surface area (Å²) in [5.41, 5.74) is -6.27. The number of rotatable bonds is 7. The van der Waals surface area contributed by atoms with Gasteiger partial charge in [-0.25, -0.2) is 9.59 Å². The van der Waals surface area contributed by atoms with Crippen LogP contribution in [0.1, 0.15) is 53.4 Å². The van der Waals surface area contributed by atoms with Gasteiger partial charge >= 0.3 is 27.7 Å². The summed E-state index contributed by atoms with van der Waals surface area (Å²) in [7, 11) is -5.71. The van der Waals surface area contributed by atoms with Gasteiger partial charge in [0.05, 0.1) is 6.61 Å². The lowest BCUT2D eigenvalue weighted by Gasteiger charge is -2.27. The molecule has 0 radical (unpaired) electrons. The van der Waals surface area contributed by atoms with Crippen molar-refractivity contribution in [3.8, 4) is 0 Å². The number of halogens is 3. The minimum Gasteiger partial charge on any atom is -0.464 e. The molecule has 0 aromatic rings. The molecule has 2 atom stereocenters. The zero-order valence-corrected chi connectivity index (χ0v) is 17.5. The van der Waals surface area contributed by atoms with Crippen LogP contribution in [0, 0.1) is 5.92 Å². The highest BCUT2D eigenvalue weighted by molar-refractivity contribution is 7.87. The van der Waals surface area contributed by atoms with E-state index in [1.54, 1.807) is 27.7 Å². The van der Waals surface area contributed by atoms with Crippen molar-refractivity contribution in [3.63, 3.8) is 0 Å². The van der Waals surface area contributed by atoms with Gasteiger partial charge in [-0.1, -0.05) is 0 Å². The van der Waals surface area contributed by atoms with Crippen LogP contribution in [0.25, 0.3) is 0 Å². The van der Waals surface area contributed by atoms with Crippen molar-refractivity contribution in [3.05, 3.63) is 11.8 Å². The van der Waals surface area contributed by atoms with E-state index in [1.807, 2.05) is 0 Å². The van der Waals surface area contributed by atoms with Gasteiger partial charge in [0.2, 0.25) is 0 Å². The highest BCUT2D eigenvalue weighted by Crippen LogP contribution is 2.32. The molecule has 1 aliphatic rings. The summed E-state index contributed by atoms with van der Waals surface area (Å²) in [6.45, 7) is 6.69. The van der Waals surface area contributed by atoms with E-state index < -0.39 is 39.3 Å². The van der Waals surface area contributed by atoms with E-state index in [9.17, 15) is 31.2 Å². The highest BCUT2D eigenvalue weighted by Gasteiger charge is 2.49. The number of carbonyl (C=O) groups is 2. The Bertz CT molecular complexity index is 726. The van der Waals surface area contributed by atoms with Crippen LogP contribution in [-0.4, -0.2) is 44.2 Å². The van der Waals surface area contributed by atoms with Gasteiger partial charge in [0.1, 0.15) is 17.4 Å². The van der Waals surface area contributed by atoms with Crippen LogP contribution in [0.15, 0.2) is 11.8 Å². The Balaban J connectivity index is 2.75. The Hall–Kier alpha value is -1.98. The van der Waals surface area contributed by atoms with E-state index in [0.29, 0.717) is 0 Å². The first-order valence-electron chi connectivity index (χ1n) is 9.00. The maximum atomic E-state index is 12.4. The number of amides is 1. The van der Waals surface area contributed by atoms with Crippen molar-refractivity contribution in [2.75, 3.05) is 6.61 Å². The lowest BCUT2D eigenvalue weighted by molar-refractivity contribution is -0.146. The summed E-state index contributed by atoms with van der Waals surface area (Å²) < 4.78 is 73.5. The summed E-state index contributed by atoms with van der Waals surface area (Å²) in [6, 6.07) is -1.01. The first-order chi connectivity index (χ1) is 13.1. The number of hydrogen-bond donors (Lipinski definition) is 1. The van der Waals surface area contributed by atoms with E-state index in [0.717, 1.165) is 0 Å². The molecule has 0 saturated carbocycles. The van der Waals surface area contributed by atoms with Crippen LogP contribution in [0.2, 0.25) is 0 Å². The lowest BCUT2D eigenvalue weighted by Crippen LogP contribution is -2.45. The van der Waals surface area contributed by atoms with E-state index >= 15 is 0 Å². The molecule has 0 saturated heterocycles. The molecule has 12 heteroatoms. The van der Waals surface area contributed by atoms with Crippen molar-refractivity contribution in [2.45, 2.75) is 70.5 Å².